The van der Waals surface area contributed by atoms with E-state index < -0.39 is 29.9 Å². The molecule has 12 heteroatoms. The van der Waals surface area contributed by atoms with Crippen LogP contribution in [0.5, 0.6) is 0 Å². The summed E-state index contributed by atoms with van der Waals surface area (Å²) in [4.78, 5) is 61.3. The molecule has 12 nitrogen and oxygen atoms in total. The lowest BCUT2D eigenvalue weighted by molar-refractivity contribution is -0.129. The van der Waals surface area contributed by atoms with Crippen LogP contribution >= 0.6 is 0 Å². The number of nitrogens with one attached hydrogen (secondary N) is 4. The number of aromatic nitrogens is 2. The van der Waals surface area contributed by atoms with E-state index in [0.29, 0.717) is 49.6 Å². The van der Waals surface area contributed by atoms with Crippen LogP contribution in [0.3, 0.4) is 0 Å². The first-order valence-electron chi connectivity index (χ1n) is 15.0. The number of fused-ring (bicyclic) bond motifs is 2. The average molecular weight is 613 g/mol. The van der Waals surface area contributed by atoms with E-state index in [4.69, 9.17) is 8.83 Å². The molecule has 3 atom stereocenters. The quantitative estimate of drug-likeness (QED) is 0.257. The number of carbonyl (C=O) groups is 4. The molecule has 1 aliphatic rings. The van der Waals surface area contributed by atoms with Gasteiger partial charge in [0, 0.05) is 18.5 Å². The van der Waals surface area contributed by atoms with Crippen LogP contribution in [-0.4, -0.2) is 52.2 Å². The molecule has 5 rings (SSSR count). The molecule has 0 unspecified atom stereocenters. The molecule has 0 aliphatic carbocycles. The Labute approximate surface area is 260 Å². The van der Waals surface area contributed by atoms with Crippen molar-refractivity contribution in [2.45, 2.75) is 64.1 Å². The number of hydrogen-bond donors (Lipinski definition) is 4. The average Bonchev–Trinajstić information content (AvgIpc) is 3.68. The molecule has 234 valence electrons. The van der Waals surface area contributed by atoms with Gasteiger partial charge in [0.2, 0.25) is 29.5 Å². The van der Waals surface area contributed by atoms with E-state index in [-0.39, 0.29) is 29.8 Å². The van der Waals surface area contributed by atoms with Crippen LogP contribution < -0.4 is 21.3 Å². The Morgan fingerprint density at radius 1 is 0.956 bits per heavy atom. The van der Waals surface area contributed by atoms with Crippen LogP contribution in [0.25, 0.3) is 11.5 Å². The van der Waals surface area contributed by atoms with Gasteiger partial charge in [-0.3, -0.25) is 19.2 Å². The van der Waals surface area contributed by atoms with Crippen LogP contribution in [0.1, 0.15) is 65.6 Å². The van der Waals surface area contributed by atoms with E-state index in [1.807, 2.05) is 60.7 Å². The Kier molecular flexibility index (Phi) is 10.0. The van der Waals surface area contributed by atoms with E-state index in [0.717, 1.165) is 11.1 Å². The molecule has 1 aliphatic heterocycles. The molecule has 4 N–H and O–H groups in total. The van der Waals surface area contributed by atoms with Gasteiger partial charge in [-0.2, -0.15) is 0 Å². The van der Waals surface area contributed by atoms with Gasteiger partial charge in [0.1, 0.15) is 30.1 Å². The van der Waals surface area contributed by atoms with Gasteiger partial charge in [-0.1, -0.05) is 48.5 Å². The SMILES string of the molecule is Cc1oc(-c2ccccc2)nc1CC(=O)N[C@H]1CCCCNC(=O)[C@H](Cc2ccccc2)NC(=O)c2coc(n2)[C@H](C)NC1=O. The molecule has 4 amide bonds. The van der Waals surface area contributed by atoms with E-state index in [2.05, 4.69) is 31.2 Å². The van der Waals surface area contributed by atoms with Crippen LogP contribution in [0, 0.1) is 6.92 Å². The molecule has 4 aromatic rings. The fraction of sp³-hybridized carbons (Fsp3) is 0.333. The summed E-state index contributed by atoms with van der Waals surface area (Å²) in [6.45, 7) is 3.74. The molecule has 0 spiro atoms. The number of carbonyl (C=O) groups excluding carboxylic acids is 4. The minimum atomic E-state index is -0.868. The first kappa shape index (κ1) is 31.2. The smallest absolute Gasteiger partial charge is 0.273 e. The van der Waals surface area contributed by atoms with Gasteiger partial charge < -0.3 is 30.1 Å². The Bertz CT molecular complexity index is 1630. The highest BCUT2D eigenvalue weighted by Gasteiger charge is 2.28. The number of oxazole rings is 2. The van der Waals surface area contributed by atoms with Gasteiger partial charge in [0.05, 0.1) is 12.1 Å². The molecule has 2 aromatic heterocycles. The summed E-state index contributed by atoms with van der Waals surface area (Å²) in [5, 5.41) is 11.3. The van der Waals surface area contributed by atoms with Crippen molar-refractivity contribution in [3.05, 3.63) is 95.5 Å². The lowest BCUT2D eigenvalue weighted by Crippen LogP contribution is -2.49. The number of amides is 4. The van der Waals surface area contributed by atoms with E-state index >= 15 is 0 Å². The fourth-order valence-corrected chi connectivity index (χ4v) is 5.03. The van der Waals surface area contributed by atoms with E-state index in [9.17, 15) is 19.2 Å². The molecule has 2 bridgehead atoms. The second kappa shape index (κ2) is 14.5. The largest absolute Gasteiger partial charge is 0.446 e. The predicted octanol–water partition coefficient (Wildman–Crippen LogP) is 3.18. The van der Waals surface area contributed by atoms with Crippen molar-refractivity contribution < 1.29 is 28.0 Å². The van der Waals surface area contributed by atoms with Crippen LogP contribution in [0.4, 0.5) is 0 Å². The van der Waals surface area contributed by atoms with Crippen LogP contribution in [0.15, 0.2) is 75.8 Å². The van der Waals surface area contributed by atoms with Crippen molar-refractivity contribution in [3.63, 3.8) is 0 Å². The molecule has 0 fully saturated rings. The van der Waals surface area contributed by atoms with Gasteiger partial charge in [-0.25, -0.2) is 9.97 Å². The molecule has 45 heavy (non-hydrogen) atoms. The lowest BCUT2D eigenvalue weighted by atomic mass is 10.0. The normalized spacial score (nSPS) is 19.7. The molecule has 0 radical (unpaired) electrons. The first-order chi connectivity index (χ1) is 21.8. The second-order valence-electron chi connectivity index (χ2n) is 11.0. The third kappa shape index (κ3) is 8.22. The van der Waals surface area contributed by atoms with Gasteiger partial charge in [0.25, 0.3) is 5.91 Å². The van der Waals surface area contributed by atoms with Crippen molar-refractivity contribution in [2.24, 2.45) is 0 Å². The third-order valence-electron chi connectivity index (χ3n) is 7.50. The molecular weight excluding hydrogens is 576 g/mol. The zero-order valence-electron chi connectivity index (χ0n) is 25.2. The van der Waals surface area contributed by atoms with Gasteiger partial charge in [-0.15, -0.1) is 0 Å². The Hall–Kier alpha value is -5.26. The lowest BCUT2D eigenvalue weighted by Gasteiger charge is -2.21. The molecule has 2 aromatic carbocycles. The highest BCUT2D eigenvalue weighted by atomic mass is 16.4. The maximum absolute atomic E-state index is 13.3. The summed E-state index contributed by atoms with van der Waals surface area (Å²) in [5.74, 6) is -0.681. The standard InChI is InChI=1S/C33H36N6O6/c1-20-32-39-27(19-44-32)31(43)37-26(17-22-11-5-3-6-12-22)29(41)34-16-10-9-15-24(30(42)35-20)36-28(40)18-25-21(2)45-33(38-25)23-13-7-4-8-14-23/h3-8,11-14,19-20,24,26H,9-10,15-18H2,1-2H3,(H,34,41)(H,35,42)(H,36,40)(H,37,43)/t20-,24-,26-/m0/s1. The van der Waals surface area contributed by atoms with Crippen LogP contribution in [-0.2, 0) is 27.2 Å². The minimum Gasteiger partial charge on any atom is -0.446 e. The Morgan fingerprint density at radius 3 is 2.44 bits per heavy atom. The minimum absolute atomic E-state index is 0.0215. The maximum Gasteiger partial charge on any atom is 0.273 e. The van der Waals surface area contributed by atoms with Crippen LogP contribution in [0.2, 0.25) is 0 Å². The zero-order chi connectivity index (χ0) is 31.8. The first-order valence-corrected chi connectivity index (χ1v) is 15.0. The molecule has 3 heterocycles. The summed E-state index contributed by atoms with van der Waals surface area (Å²) in [6, 6.07) is 16.4. The number of rotatable bonds is 6. The third-order valence-corrected chi connectivity index (χ3v) is 7.50. The van der Waals surface area contributed by atoms with Crippen molar-refractivity contribution in [3.8, 4) is 11.5 Å². The van der Waals surface area contributed by atoms with Gasteiger partial charge in [-0.05, 0) is 50.8 Å². The second-order valence-corrected chi connectivity index (χ2v) is 11.0. The number of aryl methyl sites for hydroxylation is 1. The molecular formula is C33H36N6O6. The zero-order valence-corrected chi connectivity index (χ0v) is 25.2. The number of nitrogens with zero attached hydrogens (tertiary/aromatic N) is 2. The van der Waals surface area contributed by atoms with Crippen molar-refractivity contribution >= 4 is 23.6 Å². The summed E-state index contributed by atoms with van der Waals surface area (Å²) in [6.07, 6.45) is 2.82. The summed E-state index contributed by atoms with van der Waals surface area (Å²) in [7, 11) is 0. The number of benzene rings is 2. The van der Waals surface area contributed by atoms with Crippen molar-refractivity contribution in [1.29, 1.82) is 0 Å². The highest BCUT2D eigenvalue weighted by Crippen LogP contribution is 2.22. The fourth-order valence-electron chi connectivity index (χ4n) is 5.03. The summed E-state index contributed by atoms with van der Waals surface area (Å²) >= 11 is 0. The number of hydrogen-bond acceptors (Lipinski definition) is 8. The predicted molar refractivity (Wildman–Crippen MR) is 164 cm³/mol. The maximum atomic E-state index is 13.3. The monoisotopic (exact) mass is 612 g/mol. The van der Waals surface area contributed by atoms with E-state index in [1.165, 1.54) is 6.26 Å². The van der Waals surface area contributed by atoms with Crippen molar-refractivity contribution in [2.75, 3.05) is 6.54 Å². The summed E-state index contributed by atoms with van der Waals surface area (Å²) < 4.78 is 11.3. The van der Waals surface area contributed by atoms with Gasteiger partial charge >= 0.3 is 0 Å². The van der Waals surface area contributed by atoms with Crippen molar-refractivity contribution in [1.82, 2.24) is 31.2 Å². The highest BCUT2D eigenvalue weighted by molar-refractivity contribution is 5.96. The molecule has 0 saturated heterocycles. The van der Waals surface area contributed by atoms with Gasteiger partial charge in [0.15, 0.2) is 5.69 Å². The Balaban J connectivity index is 1.28. The van der Waals surface area contributed by atoms with E-state index in [1.54, 1.807) is 13.8 Å². The summed E-state index contributed by atoms with van der Waals surface area (Å²) in [5.41, 5.74) is 2.14. The molecule has 0 saturated carbocycles. The topological polar surface area (TPSA) is 168 Å². The Morgan fingerprint density at radius 2 is 1.69 bits per heavy atom.